The van der Waals surface area contributed by atoms with E-state index < -0.39 is 0 Å². The maximum atomic E-state index is 5.73. The number of hydrogen-bond donors (Lipinski definition) is 1. The van der Waals surface area contributed by atoms with Crippen LogP contribution in [0.3, 0.4) is 0 Å². The Balaban J connectivity index is 1.59. The van der Waals surface area contributed by atoms with Crippen molar-refractivity contribution in [1.82, 2.24) is 10.4 Å². The molecule has 96 valence electrons. The molecule has 1 saturated heterocycles. The van der Waals surface area contributed by atoms with E-state index in [9.17, 15) is 0 Å². The largest absolute Gasteiger partial charge is 0.364 e. The molecule has 2 atom stereocenters. The first kappa shape index (κ1) is 11.5. The van der Waals surface area contributed by atoms with Gasteiger partial charge in [-0.2, -0.15) is 0 Å². The second kappa shape index (κ2) is 5.39. The van der Waals surface area contributed by atoms with Gasteiger partial charge in [0, 0.05) is 12.4 Å². The highest BCUT2D eigenvalue weighted by Crippen LogP contribution is 2.22. The van der Waals surface area contributed by atoms with Crippen LogP contribution in [0.2, 0.25) is 0 Å². The number of nitrogens with zero attached hydrogens (tertiary/aromatic N) is 1. The molecule has 18 heavy (non-hydrogen) atoms. The van der Waals surface area contributed by atoms with Gasteiger partial charge in [-0.25, -0.2) is 5.06 Å². The second-order valence-corrected chi connectivity index (χ2v) is 4.23. The van der Waals surface area contributed by atoms with Crippen LogP contribution in [0.1, 0.15) is 11.7 Å². The van der Waals surface area contributed by atoms with Crippen molar-refractivity contribution in [3.05, 3.63) is 48.3 Å². The minimum Gasteiger partial charge on any atom is -0.364 e. The van der Waals surface area contributed by atoms with Crippen molar-refractivity contribution in [2.45, 2.75) is 12.3 Å². The molecule has 2 aliphatic heterocycles. The van der Waals surface area contributed by atoms with Crippen LogP contribution >= 0.6 is 0 Å². The first-order valence-electron chi connectivity index (χ1n) is 6.02. The summed E-state index contributed by atoms with van der Waals surface area (Å²) in [6, 6.07) is 10.2. The molecular weight excluding hydrogens is 232 g/mol. The molecule has 0 amide bonds. The van der Waals surface area contributed by atoms with Gasteiger partial charge in [0.15, 0.2) is 0 Å². The number of hydrogen-bond acceptors (Lipinski definition) is 5. The Labute approximate surface area is 106 Å². The molecule has 1 aromatic carbocycles. The van der Waals surface area contributed by atoms with Gasteiger partial charge in [0.25, 0.3) is 0 Å². The van der Waals surface area contributed by atoms with Gasteiger partial charge >= 0.3 is 0 Å². The monoisotopic (exact) mass is 248 g/mol. The summed E-state index contributed by atoms with van der Waals surface area (Å²) in [5.41, 5.74) is 1.16. The molecule has 0 aromatic heterocycles. The smallest absolute Gasteiger partial charge is 0.150 e. The van der Waals surface area contributed by atoms with E-state index in [1.807, 2.05) is 30.6 Å². The maximum absolute atomic E-state index is 5.73. The van der Waals surface area contributed by atoms with Crippen LogP contribution in [0.4, 0.5) is 0 Å². The zero-order chi connectivity index (χ0) is 12.2. The average molecular weight is 248 g/mol. The summed E-state index contributed by atoms with van der Waals surface area (Å²) < 4.78 is 10.5. The Kier molecular flexibility index (Phi) is 3.45. The lowest BCUT2D eigenvalue weighted by molar-refractivity contribution is -0.168. The number of hydroxylamine groups is 2. The Morgan fingerprint density at radius 3 is 3.00 bits per heavy atom. The van der Waals surface area contributed by atoms with E-state index in [0.717, 1.165) is 5.56 Å². The van der Waals surface area contributed by atoms with E-state index in [1.165, 1.54) is 0 Å². The van der Waals surface area contributed by atoms with Crippen molar-refractivity contribution >= 4 is 0 Å². The summed E-state index contributed by atoms with van der Waals surface area (Å²) in [5.74, 6) is 0. The molecule has 3 rings (SSSR count). The summed E-state index contributed by atoms with van der Waals surface area (Å²) in [7, 11) is 0. The van der Waals surface area contributed by atoms with Crippen LogP contribution in [-0.4, -0.2) is 31.2 Å². The van der Waals surface area contributed by atoms with Crippen molar-refractivity contribution in [3.63, 3.8) is 0 Å². The molecule has 1 N–H and O–H groups in total. The highest BCUT2D eigenvalue weighted by molar-refractivity contribution is 5.20. The Hall–Kier alpha value is -1.56. The third-order valence-corrected chi connectivity index (χ3v) is 2.95. The Morgan fingerprint density at radius 1 is 1.33 bits per heavy atom. The lowest BCUT2D eigenvalue weighted by Crippen LogP contribution is -2.30. The Bertz CT molecular complexity index is 404. The first-order chi connectivity index (χ1) is 8.93. The standard InChI is InChI=1S/C13H16N2O3/c1-2-4-11(5-3-1)13-14-6-7-15(13)18-9-12-8-16-10-17-12/h1-7,12-14H,8-10H2. The molecule has 5 nitrogen and oxygen atoms in total. The number of rotatable bonds is 4. The van der Waals surface area contributed by atoms with Crippen molar-refractivity contribution in [1.29, 1.82) is 0 Å². The molecule has 0 spiro atoms. The lowest BCUT2D eigenvalue weighted by Gasteiger charge is -2.25. The van der Waals surface area contributed by atoms with Crippen molar-refractivity contribution in [3.8, 4) is 0 Å². The van der Waals surface area contributed by atoms with Gasteiger partial charge in [-0.1, -0.05) is 30.3 Å². The molecule has 1 aromatic rings. The molecule has 2 heterocycles. The van der Waals surface area contributed by atoms with Crippen LogP contribution < -0.4 is 5.32 Å². The SMILES string of the molecule is C1=CN(OCC2COCO2)C(c2ccccc2)N1. The fourth-order valence-corrected chi connectivity index (χ4v) is 2.00. The molecule has 5 heteroatoms. The van der Waals surface area contributed by atoms with Crippen LogP contribution in [0, 0.1) is 0 Å². The molecule has 0 aliphatic carbocycles. The van der Waals surface area contributed by atoms with Crippen LogP contribution in [0.25, 0.3) is 0 Å². The molecule has 0 saturated carbocycles. The van der Waals surface area contributed by atoms with Gasteiger partial charge in [-0.3, -0.25) is 4.84 Å². The van der Waals surface area contributed by atoms with E-state index in [1.54, 1.807) is 5.06 Å². The van der Waals surface area contributed by atoms with Crippen molar-refractivity contribution in [2.24, 2.45) is 0 Å². The topological polar surface area (TPSA) is 43.0 Å². The van der Waals surface area contributed by atoms with Gasteiger partial charge in [0.1, 0.15) is 25.7 Å². The van der Waals surface area contributed by atoms with E-state index in [4.69, 9.17) is 14.3 Å². The van der Waals surface area contributed by atoms with Gasteiger partial charge in [0.05, 0.1) is 6.61 Å². The normalized spacial score (nSPS) is 26.6. The maximum Gasteiger partial charge on any atom is 0.150 e. The fourth-order valence-electron chi connectivity index (χ4n) is 2.00. The second-order valence-electron chi connectivity index (χ2n) is 4.23. The Morgan fingerprint density at radius 2 is 2.22 bits per heavy atom. The van der Waals surface area contributed by atoms with E-state index >= 15 is 0 Å². The molecule has 2 unspecified atom stereocenters. The first-order valence-corrected chi connectivity index (χ1v) is 6.02. The lowest BCUT2D eigenvalue weighted by atomic mass is 10.2. The third kappa shape index (κ3) is 2.48. The van der Waals surface area contributed by atoms with Gasteiger partial charge in [-0.05, 0) is 5.56 Å². The fraction of sp³-hybridized carbons (Fsp3) is 0.385. The highest BCUT2D eigenvalue weighted by atomic mass is 16.7. The van der Waals surface area contributed by atoms with Gasteiger partial charge in [0.2, 0.25) is 0 Å². The van der Waals surface area contributed by atoms with Gasteiger partial charge in [-0.15, -0.1) is 0 Å². The summed E-state index contributed by atoms with van der Waals surface area (Å²) >= 11 is 0. The van der Waals surface area contributed by atoms with E-state index in [2.05, 4.69) is 17.4 Å². The van der Waals surface area contributed by atoms with Crippen molar-refractivity contribution in [2.75, 3.05) is 20.0 Å². The van der Waals surface area contributed by atoms with E-state index in [0.29, 0.717) is 20.0 Å². The predicted molar refractivity (Wildman–Crippen MR) is 64.9 cm³/mol. The number of benzene rings is 1. The summed E-state index contributed by atoms with van der Waals surface area (Å²) in [5, 5.41) is 5.05. The third-order valence-electron chi connectivity index (χ3n) is 2.95. The van der Waals surface area contributed by atoms with Crippen LogP contribution in [0.5, 0.6) is 0 Å². The minimum atomic E-state index is 0.0218. The molecular formula is C13H16N2O3. The van der Waals surface area contributed by atoms with Crippen LogP contribution in [-0.2, 0) is 14.3 Å². The molecule has 0 radical (unpaired) electrons. The van der Waals surface area contributed by atoms with Gasteiger partial charge < -0.3 is 14.8 Å². The van der Waals surface area contributed by atoms with E-state index in [-0.39, 0.29) is 12.3 Å². The number of nitrogens with one attached hydrogen (secondary N) is 1. The predicted octanol–water partition coefficient (Wildman–Crippen LogP) is 1.37. The number of ether oxygens (including phenoxy) is 2. The average Bonchev–Trinajstić information content (AvgIpc) is 3.09. The van der Waals surface area contributed by atoms with Crippen molar-refractivity contribution < 1.29 is 14.3 Å². The van der Waals surface area contributed by atoms with Crippen LogP contribution in [0.15, 0.2) is 42.7 Å². The molecule has 2 aliphatic rings. The molecule has 0 bridgehead atoms. The highest BCUT2D eigenvalue weighted by Gasteiger charge is 2.24. The minimum absolute atomic E-state index is 0.0218. The summed E-state index contributed by atoms with van der Waals surface area (Å²) in [6.45, 7) is 1.46. The summed E-state index contributed by atoms with van der Waals surface area (Å²) in [6.07, 6.45) is 3.81. The zero-order valence-electron chi connectivity index (χ0n) is 9.99. The quantitative estimate of drug-likeness (QED) is 0.871. The molecule has 1 fully saturated rings. The zero-order valence-corrected chi connectivity index (χ0v) is 9.99. The summed E-state index contributed by atoms with van der Waals surface area (Å²) in [4.78, 5) is 5.73.